The molecule has 0 atom stereocenters. The molecule has 0 bridgehead atoms. The van der Waals surface area contributed by atoms with Crippen LogP contribution in [0.4, 0.5) is 11.4 Å². The number of aryl methyl sites for hydroxylation is 2. The minimum Gasteiger partial charge on any atom is -0.482 e. The van der Waals surface area contributed by atoms with Gasteiger partial charge >= 0.3 is 0 Å². The Morgan fingerprint density at radius 3 is 2.75 bits per heavy atom. The largest absolute Gasteiger partial charge is 0.482 e. The molecule has 1 N–H and O–H groups in total. The summed E-state index contributed by atoms with van der Waals surface area (Å²) in [5, 5.41) is 5.02. The first kappa shape index (κ1) is 18.5. The van der Waals surface area contributed by atoms with Crippen molar-refractivity contribution in [2.45, 2.75) is 33.7 Å². The van der Waals surface area contributed by atoms with E-state index in [0.717, 1.165) is 40.4 Å². The fraction of sp³-hybridized carbons (Fsp3) is 0.273. The quantitative estimate of drug-likeness (QED) is 0.692. The normalized spacial score (nSPS) is 13.8. The van der Waals surface area contributed by atoms with Crippen LogP contribution in [0.3, 0.4) is 0 Å². The van der Waals surface area contributed by atoms with Gasteiger partial charge in [0.25, 0.3) is 5.91 Å². The molecule has 0 spiro atoms. The summed E-state index contributed by atoms with van der Waals surface area (Å²) in [7, 11) is 0. The first-order chi connectivity index (χ1) is 13.6. The number of carbonyl (C=O) groups excluding carboxylic acids is 1. The van der Waals surface area contributed by atoms with Crippen molar-refractivity contribution in [2.24, 2.45) is 4.99 Å². The number of carbonyl (C=O) groups is 1. The van der Waals surface area contributed by atoms with Gasteiger partial charge in [0.05, 0.1) is 17.1 Å². The average Bonchev–Trinajstić information content (AvgIpc) is 3.07. The molecule has 0 saturated carbocycles. The van der Waals surface area contributed by atoms with Gasteiger partial charge in [-0.3, -0.25) is 4.79 Å². The molecule has 4 rings (SSSR count). The van der Waals surface area contributed by atoms with Gasteiger partial charge < -0.3 is 14.6 Å². The summed E-state index contributed by atoms with van der Waals surface area (Å²) in [6.45, 7) is 7.30. The molecular weight excluding hydrogens is 370 g/mol. The van der Waals surface area contributed by atoms with Crippen molar-refractivity contribution in [3.63, 3.8) is 0 Å². The van der Waals surface area contributed by atoms with E-state index in [0.29, 0.717) is 5.75 Å². The molecule has 0 radical (unpaired) electrons. The lowest BCUT2D eigenvalue weighted by Gasteiger charge is -2.19. The molecule has 144 valence electrons. The van der Waals surface area contributed by atoms with E-state index in [2.05, 4.69) is 54.2 Å². The number of amides is 1. The average molecular weight is 394 g/mol. The first-order valence-electron chi connectivity index (χ1n) is 9.43. The Kier molecular flexibility index (Phi) is 5.05. The SMILES string of the molecule is CCCn1c(-c2ccc3c(c2)NC(=O)CO3)csc1=Nc1c(C)cccc1C. The maximum Gasteiger partial charge on any atom is 0.262 e. The molecule has 1 aliphatic rings. The summed E-state index contributed by atoms with van der Waals surface area (Å²) in [5.41, 5.74) is 6.23. The van der Waals surface area contributed by atoms with Crippen LogP contribution < -0.4 is 14.9 Å². The Labute approximate surface area is 168 Å². The minimum atomic E-state index is -0.123. The predicted molar refractivity (Wildman–Crippen MR) is 113 cm³/mol. The second-order valence-electron chi connectivity index (χ2n) is 6.96. The second kappa shape index (κ2) is 7.64. The Bertz CT molecular complexity index is 1090. The van der Waals surface area contributed by atoms with Gasteiger partial charge in [-0.1, -0.05) is 25.1 Å². The number of thiazole rings is 1. The van der Waals surface area contributed by atoms with Gasteiger partial charge in [-0.2, -0.15) is 0 Å². The van der Waals surface area contributed by atoms with Crippen LogP contribution in [0, 0.1) is 13.8 Å². The molecule has 28 heavy (non-hydrogen) atoms. The van der Waals surface area contributed by atoms with Crippen LogP contribution in [0.1, 0.15) is 24.5 Å². The number of anilines is 1. The van der Waals surface area contributed by atoms with Gasteiger partial charge in [0.15, 0.2) is 11.4 Å². The smallest absolute Gasteiger partial charge is 0.262 e. The summed E-state index contributed by atoms with van der Waals surface area (Å²) >= 11 is 1.64. The maximum absolute atomic E-state index is 11.7. The van der Waals surface area contributed by atoms with E-state index in [9.17, 15) is 4.79 Å². The Morgan fingerprint density at radius 1 is 1.21 bits per heavy atom. The van der Waals surface area contributed by atoms with Crippen LogP contribution in [0.2, 0.25) is 0 Å². The van der Waals surface area contributed by atoms with Gasteiger partial charge in [0.1, 0.15) is 5.75 Å². The van der Waals surface area contributed by atoms with E-state index in [1.165, 1.54) is 11.1 Å². The third-order valence-corrected chi connectivity index (χ3v) is 5.66. The highest BCUT2D eigenvalue weighted by Gasteiger charge is 2.17. The number of hydrogen-bond acceptors (Lipinski definition) is 4. The lowest BCUT2D eigenvalue weighted by molar-refractivity contribution is -0.118. The summed E-state index contributed by atoms with van der Waals surface area (Å²) in [4.78, 5) is 17.6. The molecule has 2 heterocycles. The summed E-state index contributed by atoms with van der Waals surface area (Å²) in [6, 6.07) is 12.2. The highest BCUT2D eigenvalue weighted by atomic mass is 32.1. The fourth-order valence-electron chi connectivity index (χ4n) is 3.41. The Morgan fingerprint density at radius 2 is 2.00 bits per heavy atom. The lowest BCUT2D eigenvalue weighted by atomic mass is 10.1. The van der Waals surface area contributed by atoms with Gasteiger partial charge in [-0.15, -0.1) is 11.3 Å². The molecule has 0 saturated heterocycles. The number of nitrogens with zero attached hydrogens (tertiary/aromatic N) is 2. The standard InChI is InChI=1S/C22H23N3O2S/c1-4-10-25-18(16-8-9-19-17(11-16)23-20(26)12-27-19)13-28-22(25)24-21-14(2)6-5-7-15(21)3/h5-9,11,13H,4,10,12H2,1-3H3,(H,23,26). The molecule has 2 aromatic carbocycles. The van der Waals surface area contributed by atoms with E-state index in [4.69, 9.17) is 9.73 Å². The maximum atomic E-state index is 11.7. The Hall–Kier alpha value is -2.86. The molecule has 0 aliphatic carbocycles. The van der Waals surface area contributed by atoms with E-state index < -0.39 is 0 Å². The topological polar surface area (TPSA) is 55.6 Å². The van der Waals surface area contributed by atoms with Gasteiger partial charge in [-0.05, 0) is 49.6 Å². The van der Waals surface area contributed by atoms with E-state index >= 15 is 0 Å². The van der Waals surface area contributed by atoms with Crippen molar-refractivity contribution in [2.75, 3.05) is 11.9 Å². The summed E-state index contributed by atoms with van der Waals surface area (Å²) in [5.74, 6) is 0.586. The highest BCUT2D eigenvalue weighted by molar-refractivity contribution is 7.07. The molecule has 0 unspecified atom stereocenters. The van der Waals surface area contributed by atoms with Crippen molar-refractivity contribution in [3.05, 3.63) is 57.7 Å². The molecule has 5 nitrogen and oxygen atoms in total. The van der Waals surface area contributed by atoms with Crippen molar-refractivity contribution in [1.29, 1.82) is 0 Å². The first-order valence-corrected chi connectivity index (χ1v) is 10.3. The second-order valence-corrected chi connectivity index (χ2v) is 7.79. The Balaban J connectivity index is 1.83. The zero-order valence-electron chi connectivity index (χ0n) is 16.3. The number of ether oxygens (including phenoxy) is 1. The van der Waals surface area contributed by atoms with Crippen molar-refractivity contribution < 1.29 is 9.53 Å². The molecular formula is C22H23N3O2S. The molecule has 6 heteroatoms. The van der Waals surface area contributed by atoms with Crippen molar-refractivity contribution in [3.8, 4) is 17.0 Å². The highest BCUT2D eigenvalue weighted by Crippen LogP contribution is 2.33. The summed E-state index contributed by atoms with van der Waals surface area (Å²) in [6.07, 6.45) is 1.01. The zero-order valence-corrected chi connectivity index (χ0v) is 17.1. The van der Waals surface area contributed by atoms with Crippen LogP contribution in [0.5, 0.6) is 5.75 Å². The van der Waals surface area contributed by atoms with E-state index in [1.807, 2.05) is 18.2 Å². The fourth-order valence-corrected chi connectivity index (χ4v) is 4.35. The van der Waals surface area contributed by atoms with Crippen LogP contribution >= 0.6 is 11.3 Å². The van der Waals surface area contributed by atoms with Crippen molar-refractivity contribution in [1.82, 2.24) is 4.57 Å². The predicted octanol–water partition coefficient (Wildman–Crippen LogP) is 4.81. The summed E-state index contributed by atoms with van der Waals surface area (Å²) < 4.78 is 7.73. The molecule has 3 aromatic rings. The third kappa shape index (κ3) is 3.47. The number of rotatable bonds is 4. The van der Waals surface area contributed by atoms with Gasteiger partial charge in [-0.25, -0.2) is 4.99 Å². The number of fused-ring (bicyclic) bond motifs is 1. The number of benzene rings is 2. The molecule has 1 amide bonds. The molecule has 1 aromatic heterocycles. The molecule has 1 aliphatic heterocycles. The number of para-hydroxylation sites is 1. The van der Waals surface area contributed by atoms with E-state index in [-0.39, 0.29) is 12.5 Å². The monoisotopic (exact) mass is 393 g/mol. The third-order valence-electron chi connectivity index (χ3n) is 4.80. The number of aromatic nitrogens is 1. The van der Waals surface area contributed by atoms with E-state index in [1.54, 1.807) is 11.3 Å². The number of nitrogens with one attached hydrogen (secondary N) is 1. The van der Waals surface area contributed by atoms with Crippen LogP contribution in [0.15, 0.2) is 46.8 Å². The van der Waals surface area contributed by atoms with Crippen LogP contribution in [-0.4, -0.2) is 17.1 Å². The lowest BCUT2D eigenvalue weighted by Crippen LogP contribution is -2.25. The van der Waals surface area contributed by atoms with Crippen molar-refractivity contribution >= 4 is 28.6 Å². The van der Waals surface area contributed by atoms with Gasteiger partial charge in [0.2, 0.25) is 0 Å². The van der Waals surface area contributed by atoms with Crippen LogP contribution in [-0.2, 0) is 11.3 Å². The zero-order chi connectivity index (χ0) is 19.7. The van der Waals surface area contributed by atoms with Crippen LogP contribution in [0.25, 0.3) is 11.3 Å². The van der Waals surface area contributed by atoms with Gasteiger partial charge in [0, 0.05) is 17.5 Å². The molecule has 0 fully saturated rings. The number of hydrogen-bond donors (Lipinski definition) is 1. The minimum absolute atomic E-state index is 0.0689.